The molecule has 3 N–H and O–H groups in total. The first-order valence-corrected chi connectivity index (χ1v) is 5.56. The molecular weight excluding hydrogens is 226 g/mol. The zero-order valence-electron chi connectivity index (χ0n) is 9.25. The Bertz CT molecular complexity index is 437. The number of benzene rings is 1. The molecule has 0 heterocycles. The van der Waals surface area contributed by atoms with Crippen molar-refractivity contribution in [3.8, 4) is 0 Å². The lowest BCUT2D eigenvalue weighted by atomic mass is 10.1. The van der Waals surface area contributed by atoms with Crippen molar-refractivity contribution in [3.63, 3.8) is 0 Å². The van der Waals surface area contributed by atoms with Gasteiger partial charge in [-0.15, -0.1) is 0 Å². The predicted octanol–water partition coefficient (Wildman–Crippen LogP) is 1.14. The standard InChI is InChI=1S/C12H14F2N2O/c13-10-2-1-7(5-11(10)14)8-6-9(8)12(17)16-4-3-15/h1-2,5,8-9H,3-4,6,15H2,(H,16,17). The lowest BCUT2D eigenvalue weighted by molar-refractivity contribution is -0.122. The Kier molecular flexibility index (Phi) is 3.38. The average molecular weight is 240 g/mol. The topological polar surface area (TPSA) is 55.1 Å². The van der Waals surface area contributed by atoms with Gasteiger partial charge in [0.1, 0.15) is 0 Å². The quantitative estimate of drug-likeness (QED) is 0.829. The Morgan fingerprint density at radius 3 is 2.82 bits per heavy atom. The summed E-state index contributed by atoms with van der Waals surface area (Å²) >= 11 is 0. The van der Waals surface area contributed by atoms with Crippen molar-refractivity contribution in [2.24, 2.45) is 11.7 Å². The number of carbonyl (C=O) groups is 1. The lowest BCUT2D eigenvalue weighted by Crippen LogP contribution is -2.30. The highest BCUT2D eigenvalue weighted by Crippen LogP contribution is 2.47. The lowest BCUT2D eigenvalue weighted by Gasteiger charge is -2.03. The number of nitrogens with two attached hydrogens (primary N) is 1. The van der Waals surface area contributed by atoms with Crippen molar-refractivity contribution in [1.29, 1.82) is 0 Å². The SMILES string of the molecule is NCCNC(=O)C1CC1c1ccc(F)c(F)c1. The van der Waals surface area contributed by atoms with Crippen molar-refractivity contribution in [2.75, 3.05) is 13.1 Å². The van der Waals surface area contributed by atoms with Crippen LogP contribution in [0.5, 0.6) is 0 Å². The summed E-state index contributed by atoms with van der Waals surface area (Å²) in [6.45, 7) is 0.841. The summed E-state index contributed by atoms with van der Waals surface area (Å²) in [5.41, 5.74) is 5.95. The molecule has 0 spiro atoms. The highest BCUT2D eigenvalue weighted by Gasteiger charge is 2.43. The minimum absolute atomic E-state index is 0.00266. The molecule has 17 heavy (non-hydrogen) atoms. The smallest absolute Gasteiger partial charge is 0.223 e. The average Bonchev–Trinajstić information content (AvgIpc) is 3.09. The van der Waals surface area contributed by atoms with Crippen molar-refractivity contribution in [2.45, 2.75) is 12.3 Å². The van der Waals surface area contributed by atoms with Gasteiger partial charge < -0.3 is 11.1 Å². The first-order valence-electron chi connectivity index (χ1n) is 5.56. The van der Waals surface area contributed by atoms with Gasteiger partial charge in [-0.25, -0.2) is 8.78 Å². The van der Waals surface area contributed by atoms with E-state index >= 15 is 0 Å². The van der Waals surface area contributed by atoms with Crippen LogP contribution in [0.1, 0.15) is 17.9 Å². The molecule has 1 saturated carbocycles. The van der Waals surface area contributed by atoms with Crippen LogP contribution in [0.15, 0.2) is 18.2 Å². The van der Waals surface area contributed by atoms with Gasteiger partial charge in [-0.1, -0.05) is 6.07 Å². The highest BCUT2D eigenvalue weighted by atomic mass is 19.2. The van der Waals surface area contributed by atoms with E-state index in [0.29, 0.717) is 25.1 Å². The zero-order valence-corrected chi connectivity index (χ0v) is 9.25. The van der Waals surface area contributed by atoms with Gasteiger partial charge in [0.25, 0.3) is 0 Å². The van der Waals surface area contributed by atoms with E-state index in [0.717, 1.165) is 12.1 Å². The second-order valence-corrected chi connectivity index (χ2v) is 4.20. The second-order valence-electron chi connectivity index (χ2n) is 4.20. The minimum Gasteiger partial charge on any atom is -0.355 e. The van der Waals surface area contributed by atoms with Crippen LogP contribution in [0.2, 0.25) is 0 Å². The Hall–Kier alpha value is -1.49. The monoisotopic (exact) mass is 240 g/mol. The zero-order chi connectivity index (χ0) is 12.4. The van der Waals surface area contributed by atoms with Crippen LogP contribution in [-0.2, 0) is 4.79 Å². The van der Waals surface area contributed by atoms with E-state index in [1.165, 1.54) is 6.07 Å². The molecular formula is C12H14F2N2O. The molecule has 0 saturated heterocycles. The van der Waals surface area contributed by atoms with Crippen molar-refractivity contribution in [1.82, 2.24) is 5.32 Å². The fourth-order valence-electron chi connectivity index (χ4n) is 1.92. The molecule has 0 aromatic heterocycles. The molecule has 1 aliphatic rings. The summed E-state index contributed by atoms with van der Waals surface area (Å²) in [5, 5.41) is 2.69. The van der Waals surface area contributed by atoms with Gasteiger partial charge in [0.05, 0.1) is 0 Å². The molecule has 3 nitrogen and oxygen atoms in total. The van der Waals surface area contributed by atoms with Gasteiger partial charge in [0.15, 0.2) is 11.6 Å². The normalized spacial score (nSPS) is 22.3. The molecule has 5 heteroatoms. The van der Waals surface area contributed by atoms with Gasteiger partial charge in [-0.2, -0.15) is 0 Å². The maximum absolute atomic E-state index is 13.0. The third-order valence-corrected chi connectivity index (χ3v) is 2.94. The molecule has 0 bridgehead atoms. The third-order valence-electron chi connectivity index (χ3n) is 2.94. The van der Waals surface area contributed by atoms with Gasteiger partial charge in [-0.3, -0.25) is 4.79 Å². The van der Waals surface area contributed by atoms with Crippen molar-refractivity contribution in [3.05, 3.63) is 35.4 Å². The fourth-order valence-corrected chi connectivity index (χ4v) is 1.92. The summed E-state index contributed by atoms with van der Waals surface area (Å²) < 4.78 is 25.7. The number of amides is 1. The van der Waals surface area contributed by atoms with E-state index in [2.05, 4.69) is 5.32 Å². The molecule has 2 unspecified atom stereocenters. The first-order chi connectivity index (χ1) is 8.13. The Morgan fingerprint density at radius 1 is 1.41 bits per heavy atom. The van der Waals surface area contributed by atoms with E-state index in [1.54, 1.807) is 0 Å². The molecule has 2 atom stereocenters. The van der Waals surface area contributed by atoms with Gasteiger partial charge in [-0.05, 0) is 30.0 Å². The van der Waals surface area contributed by atoms with Crippen LogP contribution >= 0.6 is 0 Å². The van der Waals surface area contributed by atoms with E-state index in [4.69, 9.17) is 5.73 Å². The van der Waals surface area contributed by atoms with Crippen LogP contribution in [0, 0.1) is 17.6 Å². The van der Waals surface area contributed by atoms with Crippen LogP contribution in [-0.4, -0.2) is 19.0 Å². The van der Waals surface area contributed by atoms with E-state index in [-0.39, 0.29) is 17.7 Å². The van der Waals surface area contributed by atoms with Gasteiger partial charge >= 0.3 is 0 Å². The molecule has 0 radical (unpaired) electrons. The summed E-state index contributed by atoms with van der Waals surface area (Å²) in [6.07, 6.45) is 0.682. The van der Waals surface area contributed by atoms with Crippen LogP contribution < -0.4 is 11.1 Å². The van der Waals surface area contributed by atoms with E-state index in [9.17, 15) is 13.6 Å². The molecule has 1 fully saturated rings. The number of nitrogens with one attached hydrogen (secondary N) is 1. The highest BCUT2D eigenvalue weighted by molar-refractivity contribution is 5.82. The summed E-state index contributed by atoms with van der Waals surface area (Å²) in [6, 6.07) is 3.79. The van der Waals surface area contributed by atoms with E-state index < -0.39 is 11.6 Å². The fraction of sp³-hybridized carbons (Fsp3) is 0.417. The maximum atomic E-state index is 13.0. The third kappa shape index (κ3) is 2.61. The molecule has 1 aliphatic carbocycles. The van der Waals surface area contributed by atoms with E-state index in [1.807, 2.05) is 0 Å². The molecule has 1 aromatic rings. The van der Waals surface area contributed by atoms with Crippen molar-refractivity contribution >= 4 is 5.91 Å². The van der Waals surface area contributed by atoms with Crippen LogP contribution in [0.25, 0.3) is 0 Å². The number of carbonyl (C=O) groups excluding carboxylic acids is 1. The Labute approximate surface area is 98.0 Å². The van der Waals surface area contributed by atoms with Crippen LogP contribution in [0.4, 0.5) is 8.78 Å². The predicted molar refractivity (Wildman–Crippen MR) is 59.3 cm³/mol. The number of hydrogen-bond donors (Lipinski definition) is 2. The first kappa shape index (κ1) is 12.0. The van der Waals surface area contributed by atoms with Gasteiger partial charge in [0.2, 0.25) is 5.91 Å². The van der Waals surface area contributed by atoms with Crippen molar-refractivity contribution < 1.29 is 13.6 Å². The molecule has 1 aromatic carbocycles. The minimum atomic E-state index is -0.865. The largest absolute Gasteiger partial charge is 0.355 e. The second kappa shape index (κ2) is 4.79. The molecule has 0 aliphatic heterocycles. The molecule has 2 rings (SSSR count). The Morgan fingerprint density at radius 2 is 2.18 bits per heavy atom. The molecule has 92 valence electrons. The Balaban J connectivity index is 1.98. The van der Waals surface area contributed by atoms with Crippen LogP contribution in [0.3, 0.4) is 0 Å². The molecule has 1 amide bonds. The number of hydrogen-bond acceptors (Lipinski definition) is 2. The maximum Gasteiger partial charge on any atom is 0.223 e. The summed E-state index contributed by atoms with van der Waals surface area (Å²) in [5.74, 6) is -1.92. The van der Waals surface area contributed by atoms with Gasteiger partial charge in [0, 0.05) is 19.0 Å². The number of halogens is 2. The number of rotatable bonds is 4. The summed E-state index contributed by atoms with van der Waals surface area (Å²) in [7, 11) is 0. The summed E-state index contributed by atoms with van der Waals surface area (Å²) in [4.78, 5) is 11.6.